The molecule has 16 heavy (non-hydrogen) atoms. The van der Waals surface area contributed by atoms with Crippen LogP contribution >= 0.6 is 0 Å². The fourth-order valence-electron chi connectivity index (χ4n) is 1.56. The number of anilines is 1. The summed E-state index contributed by atoms with van der Waals surface area (Å²) in [6.45, 7) is 5.19. The maximum absolute atomic E-state index is 7.97. The Morgan fingerprint density at radius 3 is 2.88 bits per heavy atom. The van der Waals surface area contributed by atoms with Crippen LogP contribution in [0.15, 0.2) is 18.3 Å². The second-order valence-corrected chi connectivity index (χ2v) is 3.91. The molecule has 0 aliphatic carbocycles. The van der Waals surface area contributed by atoms with Crippen molar-refractivity contribution in [3.05, 3.63) is 23.9 Å². The van der Waals surface area contributed by atoms with Crippen LogP contribution in [-0.4, -0.2) is 17.2 Å². The van der Waals surface area contributed by atoms with E-state index in [1.54, 1.807) is 6.20 Å². The van der Waals surface area contributed by atoms with Crippen molar-refractivity contribution >= 4 is 11.5 Å². The monoisotopic (exact) mass is 219 g/mol. The molecule has 1 heterocycles. The minimum Gasteiger partial charge on any atom is -0.370 e. The summed E-state index contributed by atoms with van der Waals surface area (Å²) in [5, 5.41) is 11.3. The molecule has 0 aliphatic heterocycles. The average Bonchev–Trinajstić information content (AvgIpc) is 2.30. The molecule has 1 aromatic rings. The average molecular weight is 219 g/mol. The molecule has 0 unspecified atom stereocenters. The number of aromatic nitrogens is 1. The molecule has 3 heteroatoms. The Morgan fingerprint density at radius 1 is 1.38 bits per heavy atom. The Kier molecular flexibility index (Phi) is 5.54. The van der Waals surface area contributed by atoms with Gasteiger partial charge in [0.15, 0.2) is 0 Å². The number of nitrogens with zero attached hydrogens (tertiary/aromatic N) is 1. The maximum Gasteiger partial charge on any atom is 0.135 e. The predicted octanol–water partition coefficient (Wildman–Crippen LogP) is 3.46. The highest BCUT2D eigenvalue weighted by atomic mass is 15.0. The molecule has 3 nitrogen and oxygen atoms in total. The summed E-state index contributed by atoms with van der Waals surface area (Å²) in [6.07, 6.45) is 5.89. The molecule has 0 radical (unpaired) electrons. The number of rotatable bonds is 7. The summed E-state index contributed by atoms with van der Waals surface area (Å²) in [4.78, 5) is 4.30. The zero-order chi connectivity index (χ0) is 11.8. The first-order chi connectivity index (χ1) is 7.79. The molecule has 2 N–H and O–H groups in total. The first-order valence-electron chi connectivity index (χ1n) is 6.06. The van der Waals surface area contributed by atoms with E-state index < -0.39 is 0 Å². The summed E-state index contributed by atoms with van der Waals surface area (Å²) in [7, 11) is 0. The van der Waals surface area contributed by atoms with Crippen LogP contribution < -0.4 is 5.32 Å². The summed E-state index contributed by atoms with van der Waals surface area (Å²) >= 11 is 0. The highest BCUT2D eigenvalue weighted by Gasteiger charge is 2.06. The summed E-state index contributed by atoms with van der Waals surface area (Å²) in [5.74, 6) is 0.856. The van der Waals surface area contributed by atoms with E-state index in [9.17, 15) is 0 Å². The second kappa shape index (κ2) is 6.99. The van der Waals surface area contributed by atoms with Crippen molar-refractivity contribution in [2.24, 2.45) is 0 Å². The van der Waals surface area contributed by atoms with E-state index in [4.69, 9.17) is 5.41 Å². The van der Waals surface area contributed by atoms with Crippen molar-refractivity contribution in [2.45, 2.75) is 39.5 Å². The minimum absolute atomic E-state index is 0.676. The topological polar surface area (TPSA) is 48.8 Å². The van der Waals surface area contributed by atoms with E-state index in [1.165, 1.54) is 6.42 Å². The molecule has 0 fully saturated rings. The quantitative estimate of drug-likeness (QED) is 0.545. The Labute approximate surface area is 97.8 Å². The summed E-state index contributed by atoms with van der Waals surface area (Å²) in [6, 6.07) is 3.86. The lowest BCUT2D eigenvalue weighted by atomic mass is 10.1. The molecule has 1 rings (SSSR count). The van der Waals surface area contributed by atoms with Crippen LogP contribution in [0.1, 0.15) is 45.1 Å². The van der Waals surface area contributed by atoms with Crippen molar-refractivity contribution in [3.63, 3.8) is 0 Å². The lowest BCUT2D eigenvalue weighted by Gasteiger charge is -2.10. The predicted molar refractivity (Wildman–Crippen MR) is 69.4 cm³/mol. The molecule has 0 atom stereocenters. The molecule has 0 aliphatic rings. The van der Waals surface area contributed by atoms with Crippen LogP contribution in [0.25, 0.3) is 0 Å². The zero-order valence-corrected chi connectivity index (χ0v) is 10.2. The Balaban J connectivity index is 2.71. The van der Waals surface area contributed by atoms with Gasteiger partial charge in [0.1, 0.15) is 5.82 Å². The molecule has 1 aromatic heterocycles. The summed E-state index contributed by atoms with van der Waals surface area (Å²) < 4.78 is 0. The highest BCUT2D eigenvalue weighted by molar-refractivity contribution is 6.02. The zero-order valence-electron chi connectivity index (χ0n) is 10.2. The smallest absolute Gasteiger partial charge is 0.135 e. The first-order valence-corrected chi connectivity index (χ1v) is 6.06. The normalized spacial score (nSPS) is 10.1. The van der Waals surface area contributed by atoms with E-state index in [1.807, 2.05) is 12.1 Å². The van der Waals surface area contributed by atoms with Gasteiger partial charge in [0.05, 0.1) is 0 Å². The Morgan fingerprint density at radius 2 is 2.19 bits per heavy atom. The minimum atomic E-state index is 0.676. The molecular formula is C13H21N3. The van der Waals surface area contributed by atoms with E-state index >= 15 is 0 Å². The molecule has 0 spiro atoms. The van der Waals surface area contributed by atoms with Gasteiger partial charge in [-0.25, -0.2) is 4.98 Å². The third kappa shape index (κ3) is 3.65. The van der Waals surface area contributed by atoms with Gasteiger partial charge in [0.2, 0.25) is 0 Å². The van der Waals surface area contributed by atoms with Gasteiger partial charge < -0.3 is 10.7 Å². The van der Waals surface area contributed by atoms with Crippen LogP contribution in [0.3, 0.4) is 0 Å². The number of hydrogen-bond acceptors (Lipinski definition) is 3. The third-order valence-electron chi connectivity index (χ3n) is 2.46. The van der Waals surface area contributed by atoms with Crippen molar-refractivity contribution in [1.29, 1.82) is 5.41 Å². The van der Waals surface area contributed by atoms with Gasteiger partial charge in [-0.1, -0.05) is 26.7 Å². The van der Waals surface area contributed by atoms with Gasteiger partial charge in [-0.2, -0.15) is 0 Å². The van der Waals surface area contributed by atoms with Crippen LogP contribution in [0, 0.1) is 5.41 Å². The van der Waals surface area contributed by atoms with Crippen molar-refractivity contribution in [3.8, 4) is 0 Å². The van der Waals surface area contributed by atoms with Crippen LogP contribution in [0.5, 0.6) is 0 Å². The van der Waals surface area contributed by atoms with Gasteiger partial charge in [0.25, 0.3) is 0 Å². The molecule has 0 aromatic carbocycles. The molecule has 88 valence electrons. The Hall–Kier alpha value is -1.38. The lowest BCUT2D eigenvalue weighted by molar-refractivity contribution is 0.830. The molecule has 0 saturated carbocycles. The highest BCUT2D eigenvalue weighted by Crippen LogP contribution is 2.14. The van der Waals surface area contributed by atoms with E-state index in [-0.39, 0.29) is 0 Å². The third-order valence-corrected chi connectivity index (χ3v) is 2.46. The largest absolute Gasteiger partial charge is 0.370 e. The SMILES string of the molecule is CCCCNc1ncccc1C(=N)CCC. The fraction of sp³-hybridized carbons (Fsp3) is 0.538. The van der Waals surface area contributed by atoms with E-state index in [0.717, 1.165) is 37.2 Å². The van der Waals surface area contributed by atoms with Gasteiger partial charge >= 0.3 is 0 Å². The van der Waals surface area contributed by atoms with Crippen LogP contribution in [-0.2, 0) is 0 Å². The Bertz CT molecular complexity index is 334. The van der Waals surface area contributed by atoms with Gasteiger partial charge in [-0.3, -0.25) is 0 Å². The number of hydrogen-bond donors (Lipinski definition) is 2. The van der Waals surface area contributed by atoms with Crippen LogP contribution in [0.2, 0.25) is 0 Å². The standard InChI is InChI=1S/C13H21N3/c1-3-5-9-15-13-11(8-6-10-16-13)12(14)7-4-2/h6,8,10,14H,3-5,7,9H2,1-2H3,(H,15,16). The second-order valence-electron chi connectivity index (χ2n) is 3.91. The van der Waals surface area contributed by atoms with Gasteiger partial charge in [-0.05, 0) is 25.0 Å². The first kappa shape index (κ1) is 12.7. The fourth-order valence-corrected chi connectivity index (χ4v) is 1.56. The number of nitrogens with one attached hydrogen (secondary N) is 2. The van der Waals surface area contributed by atoms with Crippen molar-refractivity contribution in [1.82, 2.24) is 4.98 Å². The number of pyridine rings is 1. The molecule has 0 bridgehead atoms. The lowest BCUT2D eigenvalue weighted by Crippen LogP contribution is -2.09. The van der Waals surface area contributed by atoms with Gasteiger partial charge in [0, 0.05) is 24.0 Å². The van der Waals surface area contributed by atoms with Crippen molar-refractivity contribution in [2.75, 3.05) is 11.9 Å². The van der Waals surface area contributed by atoms with Crippen molar-refractivity contribution < 1.29 is 0 Å². The van der Waals surface area contributed by atoms with Gasteiger partial charge in [-0.15, -0.1) is 0 Å². The van der Waals surface area contributed by atoms with E-state index in [0.29, 0.717) is 5.71 Å². The summed E-state index contributed by atoms with van der Waals surface area (Å²) in [5.41, 5.74) is 1.62. The molecule has 0 saturated heterocycles. The molecular weight excluding hydrogens is 198 g/mol. The maximum atomic E-state index is 7.97. The molecule has 0 amide bonds. The van der Waals surface area contributed by atoms with Crippen LogP contribution in [0.4, 0.5) is 5.82 Å². The number of unbranched alkanes of at least 4 members (excludes halogenated alkanes) is 1. The van der Waals surface area contributed by atoms with E-state index in [2.05, 4.69) is 24.1 Å².